The van der Waals surface area contributed by atoms with Crippen LogP contribution in [0.5, 0.6) is 0 Å². The molecule has 0 aliphatic carbocycles. The molecule has 1 atom stereocenters. The number of hydrogen-bond acceptors (Lipinski definition) is 2. The van der Waals surface area contributed by atoms with E-state index in [-0.39, 0.29) is 6.29 Å². The highest BCUT2D eigenvalue weighted by Gasteiger charge is 2.22. The molecule has 2 nitrogen and oxygen atoms in total. The summed E-state index contributed by atoms with van der Waals surface area (Å²) in [6, 6.07) is 0. The van der Waals surface area contributed by atoms with Gasteiger partial charge in [-0.25, -0.2) is 0 Å². The summed E-state index contributed by atoms with van der Waals surface area (Å²) < 4.78 is 10.0. The Labute approximate surface area is 49.8 Å². The Kier molecular flexibility index (Phi) is 1.86. The summed E-state index contributed by atoms with van der Waals surface area (Å²) in [7, 11) is 0. The van der Waals surface area contributed by atoms with Crippen molar-refractivity contribution in [1.29, 1.82) is 0 Å². The second-order valence-corrected chi connectivity index (χ2v) is 2.49. The number of hydrogen-bond donors (Lipinski definition) is 0. The van der Waals surface area contributed by atoms with E-state index >= 15 is 0 Å². The molecule has 0 amide bonds. The highest BCUT2D eigenvalue weighted by molar-refractivity contribution is 4.55. The van der Waals surface area contributed by atoms with E-state index in [1.165, 1.54) is 0 Å². The van der Waals surface area contributed by atoms with Gasteiger partial charge in [-0.3, -0.25) is 0 Å². The standard InChI is InChI=1S/C6H12O2/c1-5(2)3-7-6-4-8-6/h5-6H,3-4H2,1-2H3/t6-/m1/s1. The molecular weight excluding hydrogens is 104 g/mol. The third-order valence-electron chi connectivity index (χ3n) is 0.918. The Balaban J connectivity index is 1.87. The van der Waals surface area contributed by atoms with Gasteiger partial charge >= 0.3 is 0 Å². The molecule has 1 heterocycles. The van der Waals surface area contributed by atoms with E-state index in [2.05, 4.69) is 13.8 Å². The Morgan fingerprint density at radius 3 is 2.75 bits per heavy atom. The predicted octanol–water partition coefficient (Wildman–Crippen LogP) is 1.02. The first-order valence-electron chi connectivity index (χ1n) is 3.02. The van der Waals surface area contributed by atoms with Crippen LogP contribution in [0, 0.1) is 5.92 Å². The summed E-state index contributed by atoms with van der Waals surface area (Å²) in [5.74, 6) is 0.624. The summed E-state index contributed by atoms with van der Waals surface area (Å²) in [4.78, 5) is 0. The van der Waals surface area contributed by atoms with Gasteiger partial charge in [-0.15, -0.1) is 0 Å². The molecule has 1 aliphatic heterocycles. The van der Waals surface area contributed by atoms with Crippen molar-refractivity contribution in [3.63, 3.8) is 0 Å². The summed E-state index contributed by atoms with van der Waals surface area (Å²) in [6.45, 7) is 5.88. The second-order valence-electron chi connectivity index (χ2n) is 2.49. The van der Waals surface area contributed by atoms with E-state index in [4.69, 9.17) is 9.47 Å². The highest BCUT2D eigenvalue weighted by Crippen LogP contribution is 2.11. The fraction of sp³-hybridized carbons (Fsp3) is 1.00. The highest BCUT2D eigenvalue weighted by atomic mass is 16.8. The molecular formula is C6H12O2. The number of epoxide rings is 1. The zero-order chi connectivity index (χ0) is 5.98. The molecule has 1 aliphatic rings. The van der Waals surface area contributed by atoms with Gasteiger partial charge in [0.25, 0.3) is 0 Å². The van der Waals surface area contributed by atoms with E-state index in [0.29, 0.717) is 5.92 Å². The van der Waals surface area contributed by atoms with Gasteiger partial charge < -0.3 is 9.47 Å². The summed E-state index contributed by atoms with van der Waals surface area (Å²) in [5, 5.41) is 0. The first-order valence-corrected chi connectivity index (χ1v) is 3.02. The van der Waals surface area contributed by atoms with Crippen LogP contribution < -0.4 is 0 Å². The van der Waals surface area contributed by atoms with Crippen LogP contribution in [0.4, 0.5) is 0 Å². The first-order chi connectivity index (χ1) is 3.79. The Bertz CT molecular complexity index is 64.9. The van der Waals surface area contributed by atoms with E-state index in [9.17, 15) is 0 Å². The smallest absolute Gasteiger partial charge is 0.181 e. The van der Waals surface area contributed by atoms with Crippen LogP contribution in [0.25, 0.3) is 0 Å². The molecule has 2 heteroatoms. The molecule has 0 bridgehead atoms. The molecule has 1 saturated heterocycles. The minimum atomic E-state index is 0.136. The quantitative estimate of drug-likeness (QED) is 0.513. The van der Waals surface area contributed by atoms with Crippen LogP contribution in [0.3, 0.4) is 0 Å². The lowest BCUT2D eigenvalue weighted by Crippen LogP contribution is -2.03. The summed E-state index contributed by atoms with van der Waals surface area (Å²) >= 11 is 0. The molecule has 0 aromatic rings. The molecule has 1 rings (SSSR count). The fourth-order valence-electron chi connectivity index (χ4n) is 0.435. The van der Waals surface area contributed by atoms with Gasteiger partial charge in [0.2, 0.25) is 0 Å². The van der Waals surface area contributed by atoms with Gasteiger partial charge in [0.15, 0.2) is 6.29 Å². The van der Waals surface area contributed by atoms with Crippen molar-refractivity contribution < 1.29 is 9.47 Å². The van der Waals surface area contributed by atoms with Crippen LogP contribution in [0.2, 0.25) is 0 Å². The van der Waals surface area contributed by atoms with Crippen LogP contribution in [0.15, 0.2) is 0 Å². The lowest BCUT2D eigenvalue weighted by Gasteiger charge is -2.01. The molecule has 48 valence electrons. The lowest BCUT2D eigenvalue weighted by molar-refractivity contribution is 0.0343. The zero-order valence-electron chi connectivity index (χ0n) is 5.39. The summed E-state index contributed by atoms with van der Waals surface area (Å²) in [5.41, 5.74) is 0. The predicted molar refractivity (Wildman–Crippen MR) is 30.5 cm³/mol. The third-order valence-corrected chi connectivity index (χ3v) is 0.918. The van der Waals surface area contributed by atoms with Gasteiger partial charge in [-0.1, -0.05) is 13.8 Å². The molecule has 0 aromatic carbocycles. The second kappa shape index (κ2) is 2.46. The molecule has 0 N–H and O–H groups in total. The minimum Gasteiger partial charge on any atom is -0.350 e. The average molecular weight is 116 g/mol. The maximum absolute atomic E-state index is 5.19. The number of ether oxygens (including phenoxy) is 2. The van der Waals surface area contributed by atoms with Gasteiger partial charge in [0.1, 0.15) is 6.61 Å². The molecule has 0 unspecified atom stereocenters. The lowest BCUT2D eigenvalue weighted by atomic mass is 10.2. The van der Waals surface area contributed by atoms with Gasteiger partial charge in [0, 0.05) is 0 Å². The Hall–Kier alpha value is -0.0800. The zero-order valence-corrected chi connectivity index (χ0v) is 5.39. The van der Waals surface area contributed by atoms with Gasteiger partial charge in [-0.2, -0.15) is 0 Å². The van der Waals surface area contributed by atoms with Crippen LogP contribution in [0.1, 0.15) is 13.8 Å². The largest absolute Gasteiger partial charge is 0.350 e. The molecule has 8 heavy (non-hydrogen) atoms. The van der Waals surface area contributed by atoms with Gasteiger partial charge in [0.05, 0.1) is 6.61 Å². The van der Waals surface area contributed by atoms with Gasteiger partial charge in [-0.05, 0) is 5.92 Å². The average Bonchev–Trinajstić information content (AvgIpc) is 2.41. The van der Waals surface area contributed by atoms with E-state index in [1.807, 2.05) is 0 Å². The van der Waals surface area contributed by atoms with Crippen LogP contribution in [-0.4, -0.2) is 19.5 Å². The molecule has 0 aromatic heterocycles. The maximum Gasteiger partial charge on any atom is 0.181 e. The van der Waals surface area contributed by atoms with E-state index in [1.54, 1.807) is 0 Å². The molecule has 0 radical (unpaired) electrons. The molecule has 0 saturated carbocycles. The Morgan fingerprint density at radius 1 is 1.75 bits per heavy atom. The van der Waals surface area contributed by atoms with Crippen LogP contribution in [-0.2, 0) is 9.47 Å². The first kappa shape index (κ1) is 6.05. The Morgan fingerprint density at radius 2 is 2.38 bits per heavy atom. The van der Waals surface area contributed by atoms with Crippen molar-refractivity contribution in [2.45, 2.75) is 20.1 Å². The normalized spacial score (nSPS) is 26.6. The van der Waals surface area contributed by atoms with Crippen molar-refractivity contribution in [3.8, 4) is 0 Å². The summed E-state index contributed by atoms with van der Waals surface area (Å²) in [6.07, 6.45) is 0.136. The van der Waals surface area contributed by atoms with Crippen molar-refractivity contribution in [3.05, 3.63) is 0 Å². The third kappa shape index (κ3) is 2.28. The van der Waals surface area contributed by atoms with Crippen molar-refractivity contribution in [2.75, 3.05) is 13.2 Å². The monoisotopic (exact) mass is 116 g/mol. The minimum absolute atomic E-state index is 0.136. The van der Waals surface area contributed by atoms with Crippen molar-refractivity contribution in [1.82, 2.24) is 0 Å². The molecule has 0 spiro atoms. The SMILES string of the molecule is CC(C)CO[C@H]1CO1. The fourth-order valence-corrected chi connectivity index (χ4v) is 0.435. The van der Waals surface area contributed by atoms with Crippen molar-refractivity contribution >= 4 is 0 Å². The maximum atomic E-state index is 5.19. The van der Waals surface area contributed by atoms with E-state index in [0.717, 1.165) is 13.2 Å². The van der Waals surface area contributed by atoms with Crippen molar-refractivity contribution in [2.24, 2.45) is 5.92 Å². The van der Waals surface area contributed by atoms with Crippen LogP contribution >= 0.6 is 0 Å². The van der Waals surface area contributed by atoms with E-state index < -0.39 is 0 Å². The molecule has 1 fully saturated rings. The topological polar surface area (TPSA) is 21.8 Å². The number of rotatable bonds is 3.